The van der Waals surface area contributed by atoms with Gasteiger partial charge in [-0.2, -0.15) is 0 Å². The predicted molar refractivity (Wildman–Crippen MR) is 210 cm³/mol. The maximum Gasteiger partial charge on any atom is 0.519 e. The van der Waals surface area contributed by atoms with E-state index in [0.29, 0.717) is 49.6 Å². The lowest BCUT2D eigenvalue weighted by Gasteiger charge is -2.16. The average molecular weight is 774 g/mol. The van der Waals surface area contributed by atoms with E-state index in [1.54, 1.807) is 27.0 Å². The molecule has 0 spiro atoms. The molecule has 2 rings (SSSR count). The van der Waals surface area contributed by atoms with E-state index in [0.717, 1.165) is 69.1 Å². The highest BCUT2D eigenvalue weighted by molar-refractivity contribution is 5.78. The minimum Gasteiger partial charge on any atom is -0.481 e. The second-order valence-electron chi connectivity index (χ2n) is 13.0. The molecule has 2 aromatic rings. The molecular weight excluding hydrogens is 710 g/mol. The van der Waals surface area contributed by atoms with Crippen molar-refractivity contribution in [2.45, 2.75) is 135 Å². The number of allylic oxidation sites excluding steroid dienone is 1. The summed E-state index contributed by atoms with van der Waals surface area (Å²) in [5, 5.41) is 21.2. The molecule has 1 aromatic carbocycles. The normalized spacial score (nSPS) is 12.1. The molecule has 308 valence electrons. The van der Waals surface area contributed by atoms with Gasteiger partial charge < -0.3 is 43.4 Å². The predicted octanol–water partition coefficient (Wildman–Crippen LogP) is 6.69. The number of aliphatic hydroxyl groups is 1. The lowest BCUT2D eigenvalue weighted by Crippen LogP contribution is -2.34. The van der Waals surface area contributed by atoms with Gasteiger partial charge in [-0.05, 0) is 63.6 Å². The van der Waals surface area contributed by atoms with E-state index in [2.05, 4.69) is 32.9 Å². The molecule has 1 aromatic heterocycles. The van der Waals surface area contributed by atoms with Gasteiger partial charge in [-0.25, -0.2) is 4.79 Å². The molecule has 0 saturated heterocycles. The van der Waals surface area contributed by atoms with Crippen LogP contribution in [0, 0.1) is 18.8 Å². The average Bonchev–Trinajstić information content (AvgIpc) is 3.47. The third-order valence-corrected chi connectivity index (χ3v) is 8.13. The number of Topliss-reactive ketones (excluding diaryl/α,β-unsaturated/α-hetero) is 1. The number of ether oxygens (including phenoxy) is 3. The summed E-state index contributed by atoms with van der Waals surface area (Å²) >= 11 is 0. The first-order valence-corrected chi connectivity index (χ1v) is 18.9. The summed E-state index contributed by atoms with van der Waals surface area (Å²) < 4.78 is 24.4. The molecule has 13 nitrogen and oxygen atoms in total. The van der Waals surface area contributed by atoms with Crippen LogP contribution in [0.1, 0.15) is 121 Å². The van der Waals surface area contributed by atoms with Gasteiger partial charge in [0.2, 0.25) is 6.41 Å². The van der Waals surface area contributed by atoms with Crippen LogP contribution in [0.4, 0.5) is 0 Å². The van der Waals surface area contributed by atoms with Crippen LogP contribution in [0.15, 0.2) is 50.0 Å². The smallest absolute Gasteiger partial charge is 0.481 e. The van der Waals surface area contributed by atoms with Crippen LogP contribution in [0.3, 0.4) is 0 Å². The van der Waals surface area contributed by atoms with Crippen molar-refractivity contribution in [1.82, 2.24) is 5.32 Å². The molecule has 0 aliphatic carbocycles. The summed E-state index contributed by atoms with van der Waals surface area (Å²) in [5.41, 5.74) is -0.690. The van der Waals surface area contributed by atoms with Crippen molar-refractivity contribution in [2.24, 2.45) is 0 Å². The van der Waals surface area contributed by atoms with Gasteiger partial charge in [0.05, 0.1) is 19.1 Å². The Morgan fingerprint density at radius 3 is 2.13 bits per heavy atom. The van der Waals surface area contributed by atoms with Crippen molar-refractivity contribution in [3.8, 4) is 17.6 Å². The van der Waals surface area contributed by atoms with Gasteiger partial charge in [0.25, 0.3) is 0 Å². The van der Waals surface area contributed by atoms with Crippen LogP contribution >= 0.6 is 0 Å². The summed E-state index contributed by atoms with van der Waals surface area (Å²) in [4.78, 5) is 54.0. The van der Waals surface area contributed by atoms with Crippen LogP contribution in [0.5, 0.6) is 5.75 Å². The highest BCUT2D eigenvalue weighted by atomic mass is 16.6. The molecule has 0 aliphatic rings. The van der Waals surface area contributed by atoms with Crippen molar-refractivity contribution in [2.75, 3.05) is 27.4 Å². The van der Waals surface area contributed by atoms with Crippen LogP contribution in [0.25, 0.3) is 0 Å². The van der Waals surface area contributed by atoms with E-state index < -0.39 is 23.8 Å². The van der Waals surface area contributed by atoms with Gasteiger partial charge in [-0.15, -0.1) is 5.92 Å². The third-order valence-electron chi connectivity index (χ3n) is 8.13. The van der Waals surface area contributed by atoms with E-state index in [9.17, 15) is 29.1 Å². The molecule has 1 heterocycles. The first-order valence-electron chi connectivity index (χ1n) is 18.9. The Labute approximate surface area is 326 Å². The number of carboxylic acid groups (broad SMARTS) is 1. The molecule has 3 N–H and O–H groups in total. The molecule has 2 atom stereocenters. The number of rotatable bonds is 28. The number of carboxylic acids is 1. The number of aliphatic carboxylic acids is 1. The van der Waals surface area contributed by atoms with Crippen molar-refractivity contribution in [1.29, 1.82) is 0 Å². The van der Waals surface area contributed by atoms with Gasteiger partial charge in [-0.1, -0.05) is 75.7 Å². The zero-order valence-electron chi connectivity index (χ0n) is 33.4. The molecule has 0 bridgehead atoms. The number of benzene rings is 1. The Hall–Kier alpha value is -4.51. The Morgan fingerprint density at radius 1 is 0.945 bits per heavy atom. The molecule has 0 radical (unpaired) electrons. The van der Waals surface area contributed by atoms with Crippen molar-refractivity contribution in [3.63, 3.8) is 0 Å². The second kappa shape index (κ2) is 32.9. The first-order chi connectivity index (χ1) is 26.5. The number of hydrogen-bond acceptors (Lipinski definition) is 11. The highest BCUT2D eigenvalue weighted by Crippen LogP contribution is 2.16. The molecule has 1 amide bonds. The molecule has 13 heteroatoms. The number of ketones is 1. The van der Waals surface area contributed by atoms with E-state index in [1.807, 2.05) is 30.3 Å². The topological polar surface area (TPSA) is 192 Å². The standard InChI is InChI=1S/C21H36O5.C15H19NO3.C6H8O4/c1-2-3-4-8-11-14-19(23)15-12-9-6-5-7-10-13-16-21(26,18-22)17-20(24)25;1-3-4-9-19-15-7-5-13(6-8-15)10-14(11-18-2)16-12-17;1-4-5(3-8-2)10-6(7)9-4/h10,13,18,26H,2-9,11-12,14-17H2,1H3,(H,24,25);5-8,12,14H,9-11H2,1-2H3,(H,16,17);3H2,1-2H3/b13-10+;;/t21-;;/m1../s1. The maximum atomic E-state index is 11.7. The van der Waals surface area contributed by atoms with Crippen LogP contribution < -0.4 is 15.9 Å². The zero-order valence-corrected chi connectivity index (χ0v) is 33.4. The summed E-state index contributed by atoms with van der Waals surface area (Å²) in [6.07, 6.45) is 16.9. The summed E-state index contributed by atoms with van der Waals surface area (Å²) in [6, 6.07) is 7.74. The van der Waals surface area contributed by atoms with E-state index >= 15 is 0 Å². The maximum absolute atomic E-state index is 11.7. The fraction of sp³-hybridized carbons (Fsp3) is 0.595. The van der Waals surface area contributed by atoms with Gasteiger partial charge in [0, 0.05) is 33.5 Å². The Morgan fingerprint density at radius 2 is 1.60 bits per heavy atom. The Balaban J connectivity index is 0.000000871. The summed E-state index contributed by atoms with van der Waals surface area (Å²) in [6.45, 7) is 6.78. The lowest BCUT2D eigenvalue weighted by atomic mass is 9.97. The Kier molecular flexibility index (Phi) is 30.2. The number of aryl methyl sites for hydroxylation is 1. The van der Waals surface area contributed by atoms with E-state index in [4.69, 9.17) is 19.3 Å². The minimum atomic E-state index is -1.81. The summed E-state index contributed by atoms with van der Waals surface area (Å²) in [7, 11) is 3.14. The highest BCUT2D eigenvalue weighted by Gasteiger charge is 2.28. The van der Waals surface area contributed by atoms with Crippen molar-refractivity contribution in [3.05, 3.63) is 64.1 Å². The number of nitrogens with one attached hydrogen (secondary N) is 1. The molecule has 0 saturated carbocycles. The van der Waals surface area contributed by atoms with Gasteiger partial charge in [-0.3, -0.25) is 14.4 Å². The molecular formula is C42H63NO12. The van der Waals surface area contributed by atoms with Crippen LogP contribution in [-0.4, -0.2) is 73.7 Å². The van der Waals surface area contributed by atoms with Gasteiger partial charge in [0.1, 0.15) is 36.1 Å². The monoisotopic (exact) mass is 773 g/mol. The van der Waals surface area contributed by atoms with Gasteiger partial charge in [0.15, 0.2) is 12.0 Å². The fourth-order valence-corrected chi connectivity index (χ4v) is 5.12. The van der Waals surface area contributed by atoms with E-state index in [1.165, 1.54) is 26.4 Å². The molecule has 1 unspecified atom stereocenters. The number of carbonyl (C=O) groups excluding carboxylic acids is 3. The van der Waals surface area contributed by atoms with Crippen LogP contribution in [0.2, 0.25) is 0 Å². The zero-order chi connectivity index (χ0) is 41.2. The fourth-order valence-electron chi connectivity index (χ4n) is 5.12. The quantitative estimate of drug-likeness (QED) is 0.0360. The molecule has 0 fully saturated rings. The first kappa shape index (κ1) is 50.5. The number of amides is 1. The van der Waals surface area contributed by atoms with Crippen LogP contribution in [-0.2, 0) is 41.7 Å². The summed E-state index contributed by atoms with van der Waals surface area (Å²) in [5.74, 6) is 5.85. The largest absolute Gasteiger partial charge is 0.519 e. The number of unbranched alkanes of at least 4 members (excludes halogenated alkanes) is 8. The number of aldehydes is 1. The molecule has 55 heavy (non-hydrogen) atoms. The number of methoxy groups -OCH3 is 2. The van der Waals surface area contributed by atoms with E-state index in [-0.39, 0.29) is 19.1 Å². The van der Waals surface area contributed by atoms with Crippen molar-refractivity contribution >= 4 is 24.4 Å². The van der Waals surface area contributed by atoms with Gasteiger partial charge >= 0.3 is 11.8 Å². The molecule has 0 aliphatic heterocycles. The number of hydrogen-bond donors (Lipinski definition) is 3. The third kappa shape index (κ3) is 27.7. The Bertz CT molecular complexity index is 1470. The van der Waals surface area contributed by atoms with Crippen molar-refractivity contribution < 1.29 is 52.4 Å². The number of carbonyl (C=O) groups is 4. The second-order valence-corrected chi connectivity index (χ2v) is 13.0. The SMILES string of the molecule is CC#CCOc1ccc(CC(COC)NC=O)cc1.CCCCCCCC(=O)CCCCCC/C=C/C[C@](O)(C=O)CC(=O)O.COCc1oc(=O)oc1C. The minimum absolute atomic E-state index is 0.0137. The lowest BCUT2D eigenvalue weighted by molar-refractivity contribution is -0.146.